The van der Waals surface area contributed by atoms with Gasteiger partial charge in [0.15, 0.2) is 0 Å². The zero-order chi connectivity index (χ0) is 11.6. The van der Waals surface area contributed by atoms with E-state index in [2.05, 4.69) is 11.8 Å². The Balaban J connectivity index is 1.98. The van der Waals surface area contributed by atoms with E-state index in [1.165, 1.54) is 19.3 Å². The van der Waals surface area contributed by atoms with E-state index in [9.17, 15) is 4.79 Å². The lowest BCUT2D eigenvalue weighted by Gasteiger charge is -2.37. The Morgan fingerprint density at radius 3 is 2.69 bits per heavy atom. The van der Waals surface area contributed by atoms with Gasteiger partial charge in [0.25, 0.3) is 0 Å². The van der Waals surface area contributed by atoms with Crippen LogP contribution in [0.4, 0.5) is 0 Å². The molecule has 2 aliphatic rings. The van der Waals surface area contributed by atoms with Crippen LogP contribution in [0.5, 0.6) is 0 Å². The number of hydrogen-bond acceptors (Lipinski definition) is 2. The van der Waals surface area contributed by atoms with Gasteiger partial charge in [-0.2, -0.15) is 0 Å². The average Bonchev–Trinajstić information content (AvgIpc) is 2.76. The fourth-order valence-corrected chi connectivity index (χ4v) is 3.19. The maximum absolute atomic E-state index is 12.5. The summed E-state index contributed by atoms with van der Waals surface area (Å²) in [5.74, 6) is 0.922. The third-order valence-electron chi connectivity index (χ3n) is 4.36. The second-order valence-electron chi connectivity index (χ2n) is 5.76. The van der Waals surface area contributed by atoms with Gasteiger partial charge < -0.3 is 10.6 Å². The van der Waals surface area contributed by atoms with Crippen molar-refractivity contribution in [2.24, 2.45) is 17.1 Å². The monoisotopic (exact) mass is 224 g/mol. The molecule has 1 amide bonds. The van der Waals surface area contributed by atoms with Crippen LogP contribution in [-0.4, -0.2) is 30.4 Å². The minimum atomic E-state index is -0.0590. The van der Waals surface area contributed by atoms with E-state index in [1.807, 2.05) is 0 Å². The van der Waals surface area contributed by atoms with E-state index < -0.39 is 0 Å². The third-order valence-corrected chi connectivity index (χ3v) is 4.36. The van der Waals surface area contributed by atoms with E-state index in [4.69, 9.17) is 5.73 Å². The summed E-state index contributed by atoms with van der Waals surface area (Å²) in [5, 5.41) is 0. The van der Waals surface area contributed by atoms with Gasteiger partial charge in [-0.1, -0.05) is 19.8 Å². The van der Waals surface area contributed by atoms with Crippen molar-refractivity contribution in [3.05, 3.63) is 0 Å². The number of hydrogen-bond donors (Lipinski definition) is 1. The summed E-state index contributed by atoms with van der Waals surface area (Å²) >= 11 is 0. The van der Waals surface area contributed by atoms with Crippen molar-refractivity contribution in [1.29, 1.82) is 0 Å². The summed E-state index contributed by atoms with van der Waals surface area (Å²) < 4.78 is 0. The number of nitrogens with two attached hydrogens (primary N) is 1. The van der Waals surface area contributed by atoms with Gasteiger partial charge in [-0.3, -0.25) is 4.79 Å². The van der Waals surface area contributed by atoms with E-state index in [0.717, 1.165) is 38.9 Å². The van der Waals surface area contributed by atoms with Gasteiger partial charge in [-0.05, 0) is 38.1 Å². The number of nitrogens with zero attached hydrogens (tertiary/aromatic N) is 1. The van der Waals surface area contributed by atoms with Crippen LogP contribution in [0, 0.1) is 11.3 Å². The minimum absolute atomic E-state index is 0.0590. The summed E-state index contributed by atoms with van der Waals surface area (Å²) in [7, 11) is 0. The van der Waals surface area contributed by atoms with Gasteiger partial charge in [-0.25, -0.2) is 0 Å². The van der Waals surface area contributed by atoms with Crippen molar-refractivity contribution in [3.8, 4) is 0 Å². The predicted octanol–water partition coefficient (Wildman–Crippen LogP) is 1.76. The molecule has 1 aliphatic heterocycles. The van der Waals surface area contributed by atoms with Crippen LogP contribution < -0.4 is 5.73 Å². The molecule has 1 saturated carbocycles. The topological polar surface area (TPSA) is 46.3 Å². The first kappa shape index (κ1) is 11.9. The highest BCUT2D eigenvalue weighted by Gasteiger charge is 2.40. The molecule has 0 spiro atoms. The second-order valence-corrected chi connectivity index (χ2v) is 5.76. The zero-order valence-corrected chi connectivity index (χ0v) is 10.4. The Morgan fingerprint density at radius 2 is 2.06 bits per heavy atom. The van der Waals surface area contributed by atoms with Crippen molar-refractivity contribution in [2.75, 3.05) is 19.6 Å². The number of piperidine rings is 1. The van der Waals surface area contributed by atoms with Crippen LogP contribution in [0.1, 0.15) is 45.4 Å². The lowest BCUT2D eigenvalue weighted by Crippen LogP contribution is -2.47. The predicted molar refractivity (Wildman–Crippen MR) is 64.9 cm³/mol. The summed E-state index contributed by atoms with van der Waals surface area (Å²) in [6.07, 6.45) is 6.92. The molecule has 0 bridgehead atoms. The normalized spacial score (nSPS) is 29.4. The highest BCUT2D eigenvalue weighted by Crippen LogP contribution is 2.39. The SMILES string of the molecule is CC1(C(=O)N2CCCC(CN)C2)CCCC1. The first-order chi connectivity index (χ1) is 7.65. The fraction of sp³-hybridized carbons (Fsp3) is 0.923. The van der Waals surface area contributed by atoms with Gasteiger partial charge in [0, 0.05) is 18.5 Å². The van der Waals surface area contributed by atoms with Crippen LogP contribution in [0.2, 0.25) is 0 Å². The van der Waals surface area contributed by atoms with E-state index >= 15 is 0 Å². The van der Waals surface area contributed by atoms with Crippen LogP contribution in [0.3, 0.4) is 0 Å². The van der Waals surface area contributed by atoms with Crippen molar-refractivity contribution in [3.63, 3.8) is 0 Å². The zero-order valence-electron chi connectivity index (χ0n) is 10.4. The van der Waals surface area contributed by atoms with Crippen molar-refractivity contribution >= 4 is 5.91 Å². The van der Waals surface area contributed by atoms with Gasteiger partial charge in [-0.15, -0.1) is 0 Å². The first-order valence-electron chi connectivity index (χ1n) is 6.65. The molecule has 0 radical (unpaired) electrons. The third kappa shape index (κ3) is 2.24. The summed E-state index contributed by atoms with van der Waals surface area (Å²) in [6, 6.07) is 0. The van der Waals surface area contributed by atoms with Crippen LogP contribution in [-0.2, 0) is 4.79 Å². The Bertz CT molecular complexity index is 259. The van der Waals surface area contributed by atoms with E-state index in [1.54, 1.807) is 0 Å². The van der Waals surface area contributed by atoms with Crippen LogP contribution >= 0.6 is 0 Å². The summed E-state index contributed by atoms with van der Waals surface area (Å²) in [6.45, 7) is 4.71. The average molecular weight is 224 g/mol. The van der Waals surface area contributed by atoms with Crippen molar-refractivity contribution in [2.45, 2.75) is 45.4 Å². The maximum atomic E-state index is 12.5. The molecule has 2 rings (SSSR count). The Morgan fingerprint density at radius 1 is 1.38 bits per heavy atom. The van der Waals surface area contributed by atoms with Crippen LogP contribution in [0.25, 0.3) is 0 Å². The molecule has 1 heterocycles. The standard InChI is InChI=1S/C13H24N2O/c1-13(6-2-3-7-13)12(16)15-8-4-5-11(9-14)10-15/h11H,2-10,14H2,1H3. The highest BCUT2D eigenvalue weighted by atomic mass is 16.2. The number of carbonyl (C=O) groups excluding carboxylic acids is 1. The molecule has 92 valence electrons. The fourth-order valence-electron chi connectivity index (χ4n) is 3.19. The maximum Gasteiger partial charge on any atom is 0.228 e. The lowest BCUT2D eigenvalue weighted by molar-refractivity contribution is -0.142. The van der Waals surface area contributed by atoms with Gasteiger partial charge in [0.1, 0.15) is 0 Å². The number of likely N-dealkylation sites (tertiary alicyclic amines) is 1. The first-order valence-corrected chi connectivity index (χ1v) is 6.65. The summed E-state index contributed by atoms with van der Waals surface area (Å²) in [4.78, 5) is 14.5. The van der Waals surface area contributed by atoms with Crippen molar-refractivity contribution in [1.82, 2.24) is 4.90 Å². The molecule has 0 aromatic rings. The van der Waals surface area contributed by atoms with E-state index in [0.29, 0.717) is 11.8 Å². The smallest absolute Gasteiger partial charge is 0.228 e. The number of amides is 1. The van der Waals surface area contributed by atoms with E-state index in [-0.39, 0.29) is 5.41 Å². The number of carbonyl (C=O) groups is 1. The Hall–Kier alpha value is -0.570. The molecule has 2 N–H and O–H groups in total. The Kier molecular flexibility index (Phi) is 3.53. The highest BCUT2D eigenvalue weighted by molar-refractivity contribution is 5.82. The Labute approximate surface area is 98.4 Å². The van der Waals surface area contributed by atoms with Crippen molar-refractivity contribution < 1.29 is 4.79 Å². The van der Waals surface area contributed by atoms with Gasteiger partial charge >= 0.3 is 0 Å². The molecule has 0 aromatic heterocycles. The molecule has 2 fully saturated rings. The molecular weight excluding hydrogens is 200 g/mol. The molecule has 3 nitrogen and oxygen atoms in total. The molecule has 3 heteroatoms. The lowest BCUT2D eigenvalue weighted by atomic mass is 9.85. The molecule has 1 unspecified atom stereocenters. The molecular formula is C13H24N2O. The van der Waals surface area contributed by atoms with Gasteiger partial charge in [0.05, 0.1) is 0 Å². The summed E-state index contributed by atoms with van der Waals surface area (Å²) in [5.41, 5.74) is 5.66. The van der Waals surface area contributed by atoms with Gasteiger partial charge in [0.2, 0.25) is 5.91 Å². The quantitative estimate of drug-likeness (QED) is 0.777. The molecule has 1 atom stereocenters. The van der Waals surface area contributed by atoms with Crippen LogP contribution in [0.15, 0.2) is 0 Å². The molecule has 0 aromatic carbocycles. The largest absolute Gasteiger partial charge is 0.342 e. The minimum Gasteiger partial charge on any atom is -0.342 e. The number of rotatable bonds is 2. The molecule has 1 saturated heterocycles. The second kappa shape index (κ2) is 4.74. The molecule has 16 heavy (non-hydrogen) atoms. The molecule has 1 aliphatic carbocycles.